The predicted octanol–water partition coefficient (Wildman–Crippen LogP) is 3.17. The van der Waals surface area contributed by atoms with E-state index in [1.54, 1.807) is 6.92 Å². The van der Waals surface area contributed by atoms with E-state index in [1.165, 1.54) is 11.1 Å². The van der Waals surface area contributed by atoms with Gasteiger partial charge in [0.1, 0.15) is 0 Å². The van der Waals surface area contributed by atoms with Crippen LogP contribution in [0.3, 0.4) is 0 Å². The van der Waals surface area contributed by atoms with Crippen LogP contribution in [0.4, 0.5) is 10.5 Å². The van der Waals surface area contributed by atoms with Crippen molar-refractivity contribution in [2.24, 2.45) is 16.6 Å². The SMILES string of the molecule is CCOC(=O)NC(CN=C(N)Nc1cc(C)cc(C)c1)C1CC1.I. The summed E-state index contributed by atoms with van der Waals surface area (Å²) in [5.41, 5.74) is 9.21. The molecule has 0 aromatic heterocycles. The third kappa shape index (κ3) is 6.94. The zero-order valence-corrected chi connectivity index (χ0v) is 16.8. The number of guanidine groups is 1. The Hall–Kier alpha value is -1.51. The van der Waals surface area contributed by atoms with Crippen LogP contribution in [0.2, 0.25) is 0 Å². The second-order valence-electron chi connectivity index (χ2n) is 6.04. The van der Waals surface area contributed by atoms with E-state index in [9.17, 15) is 4.79 Å². The average molecular weight is 446 g/mol. The van der Waals surface area contributed by atoms with Crippen molar-refractivity contribution in [3.05, 3.63) is 29.3 Å². The Labute approximate surface area is 160 Å². The monoisotopic (exact) mass is 446 g/mol. The third-order valence-corrected chi connectivity index (χ3v) is 3.72. The van der Waals surface area contributed by atoms with Crippen LogP contribution in [0.15, 0.2) is 23.2 Å². The van der Waals surface area contributed by atoms with Crippen molar-refractivity contribution in [3.8, 4) is 0 Å². The lowest BCUT2D eigenvalue weighted by molar-refractivity contribution is 0.147. The highest BCUT2D eigenvalue weighted by Gasteiger charge is 2.32. The molecule has 1 unspecified atom stereocenters. The minimum Gasteiger partial charge on any atom is -0.450 e. The highest BCUT2D eigenvalue weighted by atomic mass is 127. The molecular weight excluding hydrogens is 419 g/mol. The number of carbonyl (C=O) groups excluding carboxylic acids is 1. The van der Waals surface area contributed by atoms with Crippen molar-refractivity contribution in [3.63, 3.8) is 0 Å². The first-order valence-electron chi connectivity index (χ1n) is 8.06. The molecule has 1 aromatic rings. The Morgan fingerprint density at radius 1 is 1.33 bits per heavy atom. The molecule has 0 radical (unpaired) electrons. The molecule has 0 heterocycles. The normalized spacial score (nSPS) is 15.2. The van der Waals surface area contributed by atoms with Gasteiger partial charge in [0.2, 0.25) is 0 Å². The molecule has 0 saturated heterocycles. The maximum absolute atomic E-state index is 11.6. The van der Waals surface area contributed by atoms with Gasteiger partial charge in [0.25, 0.3) is 0 Å². The van der Waals surface area contributed by atoms with Crippen LogP contribution in [0.5, 0.6) is 0 Å². The molecule has 0 spiro atoms. The van der Waals surface area contributed by atoms with E-state index in [0.29, 0.717) is 25.0 Å². The van der Waals surface area contributed by atoms with Gasteiger partial charge in [-0.25, -0.2) is 4.79 Å². The number of anilines is 1. The van der Waals surface area contributed by atoms with Gasteiger partial charge in [0, 0.05) is 5.69 Å². The zero-order valence-electron chi connectivity index (χ0n) is 14.5. The van der Waals surface area contributed by atoms with E-state index in [0.717, 1.165) is 18.5 Å². The molecular formula is C17H27IN4O2. The molecule has 1 saturated carbocycles. The van der Waals surface area contributed by atoms with Gasteiger partial charge in [-0.3, -0.25) is 4.99 Å². The summed E-state index contributed by atoms with van der Waals surface area (Å²) in [4.78, 5) is 15.9. The molecule has 1 amide bonds. The third-order valence-electron chi connectivity index (χ3n) is 3.72. The Morgan fingerprint density at radius 2 is 1.96 bits per heavy atom. The first-order chi connectivity index (χ1) is 11.0. The van der Waals surface area contributed by atoms with Gasteiger partial charge in [-0.2, -0.15) is 0 Å². The molecule has 4 N–H and O–H groups in total. The summed E-state index contributed by atoms with van der Waals surface area (Å²) < 4.78 is 4.93. The topological polar surface area (TPSA) is 88.7 Å². The fraction of sp³-hybridized carbons (Fsp3) is 0.529. The van der Waals surface area contributed by atoms with Crippen LogP contribution < -0.4 is 16.4 Å². The highest BCUT2D eigenvalue weighted by molar-refractivity contribution is 14.0. The Bertz CT molecular complexity index is 568. The molecule has 1 aliphatic carbocycles. The lowest BCUT2D eigenvalue weighted by Crippen LogP contribution is -2.39. The number of benzene rings is 1. The Kier molecular flexibility index (Phi) is 8.30. The van der Waals surface area contributed by atoms with Crippen molar-refractivity contribution in [1.82, 2.24) is 5.32 Å². The molecule has 0 bridgehead atoms. The molecule has 6 nitrogen and oxygen atoms in total. The van der Waals surface area contributed by atoms with Gasteiger partial charge in [-0.05, 0) is 62.8 Å². The maximum Gasteiger partial charge on any atom is 0.407 e. The summed E-state index contributed by atoms with van der Waals surface area (Å²) in [5.74, 6) is 0.823. The van der Waals surface area contributed by atoms with E-state index in [2.05, 4.69) is 21.7 Å². The number of nitrogens with two attached hydrogens (primary N) is 1. The minimum absolute atomic E-state index is 0. The Balaban J connectivity index is 0.00000288. The van der Waals surface area contributed by atoms with E-state index < -0.39 is 0 Å². The summed E-state index contributed by atoms with van der Waals surface area (Å²) in [7, 11) is 0. The van der Waals surface area contributed by atoms with Crippen LogP contribution in [0, 0.1) is 19.8 Å². The van der Waals surface area contributed by atoms with Crippen LogP contribution in [0.25, 0.3) is 0 Å². The lowest BCUT2D eigenvalue weighted by atomic mass is 10.1. The molecule has 1 aromatic carbocycles. The van der Waals surface area contributed by atoms with Crippen LogP contribution in [-0.2, 0) is 4.74 Å². The van der Waals surface area contributed by atoms with Crippen molar-refractivity contribution in [1.29, 1.82) is 0 Å². The molecule has 0 aliphatic heterocycles. The van der Waals surface area contributed by atoms with Crippen molar-refractivity contribution in [2.45, 2.75) is 39.7 Å². The van der Waals surface area contributed by atoms with Crippen molar-refractivity contribution >= 4 is 41.7 Å². The van der Waals surface area contributed by atoms with Crippen molar-refractivity contribution < 1.29 is 9.53 Å². The first kappa shape index (κ1) is 20.5. The summed E-state index contributed by atoms with van der Waals surface area (Å²) in [6.45, 7) is 6.68. The second kappa shape index (κ2) is 9.71. The second-order valence-corrected chi connectivity index (χ2v) is 6.04. The fourth-order valence-electron chi connectivity index (χ4n) is 2.57. The van der Waals surface area contributed by atoms with E-state index in [4.69, 9.17) is 10.5 Å². The van der Waals surface area contributed by atoms with E-state index >= 15 is 0 Å². The van der Waals surface area contributed by atoms with Crippen LogP contribution in [0.1, 0.15) is 30.9 Å². The number of carbonyl (C=O) groups is 1. The number of aliphatic imine (C=N–C) groups is 1. The predicted molar refractivity (Wildman–Crippen MR) is 108 cm³/mol. The molecule has 2 rings (SSSR count). The van der Waals surface area contributed by atoms with E-state index in [-0.39, 0.29) is 36.1 Å². The van der Waals surface area contributed by atoms with E-state index in [1.807, 2.05) is 26.0 Å². The number of alkyl carbamates (subject to hydrolysis) is 1. The fourth-order valence-corrected chi connectivity index (χ4v) is 2.57. The minimum atomic E-state index is -0.388. The van der Waals surface area contributed by atoms with Gasteiger partial charge >= 0.3 is 6.09 Å². The largest absolute Gasteiger partial charge is 0.450 e. The summed E-state index contributed by atoms with van der Waals surface area (Å²) >= 11 is 0. The molecule has 134 valence electrons. The summed E-state index contributed by atoms with van der Waals surface area (Å²) in [5, 5.41) is 5.97. The number of nitrogens with zero attached hydrogens (tertiary/aromatic N) is 1. The van der Waals surface area contributed by atoms with Gasteiger partial charge in [-0.15, -0.1) is 24.0 Å². The number of ether oxygens (including phenoxy) is 1. The first-order valence-corrected chi connectivity index (χ1v) is 8.06. The van der Waals surface area contributed by atoms with Gasteiger partial charge < -0.3 is 21.1 Å². The maximum atomic E-state index is 11.6. The lowest BCUT2D eigenvalue weighted by Gasteiger charge is -2.16. The summed E-state index contributed by atoms with van der Waals surface area (Å²) in [6.07, 6.45) is 1.83. The summed E-state index contributed by atoms with van der Waals surface area (Å²) in [6, 6.07) is 6.12. The molecule has 1 atom stereocenters. The number of hydrogen-bond donors (Lipinski definition) is 3. The Morgan fingerprint density at radius 3 is 2.50 bits per heavy atom. The van der Waals surface area contributed by atoms with Gasteiger partial charge in [0.05, 0.1) is 19.2 Å². The zero-order chi connectivity index (χ0) is 16.8. The molecule has 1 fully saturated rings. The number of aryl methyl sites for hydroxylation is 2. The quantitative estimate of drug-likeness (QED) is 0.356. The molecule has 24 heavy (non-hydrogen) atoms. The highest BCUT2D eigenvalue weighted by Crippen LogP contribution is 2.32. The number of nitrogens with one attached hydrogen (secondary N) is 2. The smallest absolute Gasteiger partial charge is 0.407 e. The van der Waals surface area contributed by atoms with Crippen LogP contribution >= 0.6 is 24.0 Å². The molecule has 1 aliphatic rings. The number of rotatable bonds is 6. The number of halogens is 1. The van der Waals surface area contributed by atoms with Crippen LogP contribution in [-0.4, -0.2) is 31.2 Å². The van der Waals surface area contributed by atoms with Gasteiger partial charge in [0.15, 0.2) is 5.96 Å². The standard InChI is InChI=1S/C17H26N4O2.HI/c1-4-23-17(22)21-15(13-5-6-13)10-19-16(18)20-14-8-11(2)7-12(3)9-14;/h7-9,13,15H,4-6,10H2,1-3H3,(H,21,22)(H3,18,19,20);1H. The number of hydrogen-bond acceptors (Lipinski definition) is 3. The number of amides is 1. The average Bonchev–Trinajstić information content (AvgIpc) is 3.27. The van der Waals surface area contributed by atoms with Crippen molar-refractivity contribution in [2.75, 3.05) is 18.5 Å². The van der Waals surface area contributed by atoms with Gasteiger partial charge in [-0.1, -0.05) is 6.07 Å². The molecule has 7 heteroatoms.